The number of furan rings is 1. The molecule has 4 aromatic rings. The topological polar surface area (TPSA) is 68.6 Å². The standard InChI is InChI=1S/C24H23N3O3.ClH/c1-3-19(28-12-1)15-25-9-2-10-26-21-8-11-27-22-13-17(4-6-20(21)22)18-5-7-23-24(14-18)30-16-29-23;/h1,3-8,11-14,25H,2,9-10,15-16H2,(H,26,27);1H. The van der Waals surface area contributed by atoms with E-state index in [0.717, 1.165) is 71.0 Å². The first-order valence-electron chi connectivity index (χ1n) is 10.1. The Kier molecular flexibility index (Phi) is 6.60. The maximum absolute atomic E-state index is 5.50. The van der Waals surface area contributed by atoms with Crippen LogP contribution in [0.25, 0.3) is 22.0 Å². The summed E-state index contributed by atoms with van der Waals surface area (Å²) in [4.78, 5) is 4.57. The zero-order valence-corrected chi connectivity index (χ0v) is 17.8. The lowest BCUT2D eigenvalue weighted by Gasteiger charge is -2.11. The second kappa shape index (κ2) is 9.73. The van der Waals surface area contributed by atoms with Crippen LogP contribution in [0, 0.1) is 0 Å². The average molecular weight is 438 g/mol. The van der Waals surface area contributed by atoms with Crippen molar-refractivity contribution in [3.05, 3.63) is 72.8 Å². The van der Waals surface area contributed by atoms with Crippen LogP contribution in [0.2, 0.25) is 0 Å². The smallest absolute Gasteiger partial charge is 0.231 e. The lowest BCUT2D eigenvalue weighted by atomic mass is 10.0. The first-order valence-corrected chi connectivity index (χ1v) is 10.1. The Hall–Kier alpha value is -3.22. The highest BCUT2D eigenvalue weighted by Crippen LogP contribution is 2.36. The molecule has 2 aromatic heterocycles. The van der Waals surface area contributed by atoms with Crippen LogP contribution in [0.3, 0.4) is 0 Å². The number of rotatable bonds is 8. The van der Waals surface area contributed by atoms with Crippen LogP contribution in [0.15, 0.2) is 71.5 Å². The monoisotopic (exact) mass is 437 g/mol. The molecule has 0 atom stereocenters. The molecule has 5 rings (SSSR count). The number of hydrogen-bond acceptors (Lipinski definition) is 6. The van der Waals surface area contributed by atoms with Crippen LogP contribution in [-0.2, 0) is 6.54 Å². The number of hydrogen-bond donors (Lipinski definition) is 2. The number of aromatic nitrogens is 1. The summed E-state index contributed by atoms with van der Waals surface area (Å²) in [5.74, 6) is 2.54. The minimum Gasteiger partial charge on any atom is -0.468 e. The Morgan fingerprint density at radius 3 is 2.68 bits per heavy atom. The molecule has 2 N–H and O–H groups in total. The lowest BCUT2D eigenvalue weighted by Crippen LogP contribution is -2.17. The van der Waals surface area contributed by atoms with Gasteiger partial charge in [0.25, 0.3) is 0 Å². The summed E-state index contributed by atoms with van der Waals surface area (Å²) < 4.78 is 16.2. The fourth-order valence-corrected chi connectivity index (χ4v) is 3.62. The number of nitrogens with one attached hydrogen (secondary N) is 2. The van der Waals surface area contributed by atoms with Gasteiger partial charge >= 0.3 is 0 Å². The Balaban J connectivity index is 0.00000231. The van der Waals surface area contributed by atoms with E-state index in [9.17, 15) is 0 Å². The zero-order chi connectivity index (χ0) is 20.2. The van der Waals surface area contributed by atoms with Crippen molar-refractivity contribution in [3.8, 4) is 22.6 Å². The summed E-state index contributed by atoms with van der Waals surface area (Å²) in [5, 5.41) is 8.04. The third-order valence-electron chi connectivity index (χ3n) is 5.17. The molecule has 0 aliphatic carbocycles. The number of ether oxygens (including phenoxy) is 2. The largest absolute Gasteiger partial charge is 0.468 e. The van der Waals surface area contributed by atoms with Crippen LogP contribution in [0.5, 0.6) is 11.5 Å². The van der Waals surface area contributed by atoms with Crippen LogP contribution in [0.1, 0.15) is 12.2 Å². The van der Waals surface area contributed by atoms with Gasteiger partial charge in [-0.2, -0.15) is 0 Å². The molecule has 0 bridgehead atoms. The van der Waals surface area contributed by atoms with Gasteiger partial charge in [-0.25, -0.2) is 0 Å². The molecule has 0 radical (unpaired) electrons. The van der Waals surface area contributed by atoms with Crippen molar-refractivity contribution in [2.75, 3.05) is 25.2 Å². The fourth-order valence-electron chi connectivity index (χ4n) is 3.62. The highest BCUT2D eigenvalue weighted by Gasteiger charge is 2.14. The third kappa shape index (κ3) is 4.76. The summed E-state index contributed by atoms with van der Waals surface area (Å²) in [5.41, 5.74) is 4.26. The highest BCUT2D eigenvalue weighted by molar-refractivity contribution is 5.93. The number of halogens is 1. The van der Waals surface area contributed by atoms with Gasteiger partial charge in [0.15, 0.2) is 11.5 Å². The molecule has 31 heavy (non-hydrogen) atoms. The van der Waals surface area contributed by atoms with Gasteiger partial charge in [-0.3, -0.25) is 4.98 Å². The molecule has 0 saturated heterocycles. The SMILES string of the molecule is Cl.c1coc(CNCCCNc2ccnc3cc(-c4ccc5c(c4)OCO5)ccc23)c1. The van der Waals surface area contributed by atoms with Crippen LogP contribution in [0.4, 0.5) is 5.69 Å². The second-order valence-electron chi connectivity index (χ2n) is 7.19. The predicted octanol–water partition coefficient (Wildman–Crippen LogP) is 5.24. The predicted molar refractivity (Wildman–Crippen MR) is 124 cm³/mol. The fraction of sp³-hybridized carbons (Fsp3) is 0.208. The molecule has 3 heterocycles. The number of fused-ring (bicyclic) bond motifs is 2. The molecule has 160 valence electrons. The molecule has 1 aliphatic rings. The van der Waals surface area contributed by atoms with Crippen molar-refractivity contribution in [2.45, 2.75) is 13.0 Å². The molecule has 0 fully saturated rings. The molecule has 7 heteroatoms. The second-order valence-corrected chi connectivity index (χ2v) is 7.19. The molecule has 0 spiro atoms. The quantitative estimate of drug-likeness (QED) is 0.367. The van der Waals surface area contributed by atoms with Crippen molar-refractivity contribution >= 4 is 29.0 Å². The molecule has 2 aromatic carbocycles. The van der Waals surface area contributed by atoms with Gasteiger partial charge in [-0.15, -0.1) is 12.4 Å². The number of benzene rings is 2. The van der Waals surface area contributed by atoms with Gasteiger partial charge in [0, 0.05) is 23.8 Å². The van der Waals surface area contributed by atoms with Gasteiger partial charge in [-0.1, -0.05) is 18.2 Å². The van der Waals surface area contributed by atoms with E-state index in [2.05, 4.69) is 33.8 Å². The molecular weight excluding hydrogens is 414 g/mol. The Labute approximate surface area is 187 Å². The molecule has 0 amide bonds. The average Bonchev–Trinajstić information content (AvgIpc) is 3.47. The maximum atomic E-state index is 5.50. The van der Waals surface area contributed by atoms with Gasteiger partial charge < -0.3 is 24.5 Å². The summed E-state index contributed by atoms with van der Waals surface area (Å²) in [6.07, 6.45) is 4.56. The van der Waals surface area contributed by atoms with E-state index in [4.69, 9.17) is 13.9 Å². The minimum atomic E-state index is 0. The molecule has 1 aliphatic heterocycles. The number of pyridine rings is 1. The first kappa shape index (κ1) is 21.0. The summed E-state index contributed by atoms with van der Waals surface area (Å²) in [6, 6.07) is 18.3. The van der Waals surface area contributed by atoms with Crippen LogP contribution in [-0.4, -0.2) is 24.9 Å². The Bertz CT molecular complexity index is 1150. The van der Waals surface area contributed by atoms with Crippen molar-refractivity contribution in [1.82, 2.24) is 10.3 Å². The van der Waals surface area contributed by atoms with Gasteiger partial charge in [0.05, 0.1) is 18.3 Å². The minimum absolute atomic E-state index is 0. The van der Waals surface area contributed by atoms with Gasteiger partial charge in [-0.05, 0) is 60.5 Å². The summed E-state index contributed by atoms with van der Waals surface area (Å²) in [7, 11) is 0. The molecule has 6 nitrogen and oxygen atoms in total. The summed E-state index contributed by atoms with van der Waals surface area (Å²) in [6.45, 7) is 2.85. The molecular formula is C24H24ClN3O3. The maximum Gasteiger partial charge on any atom is 0.231 e. The van der Waals surface area contributed by atoms with Crippen molar-refractivity contribution in [3.63, 3.8) is 0 Å². The normalized spacial score (nSPS) is 12.0. The van der Waals surface area contributed by atoms with Crippen molar-refractivity contribution in [2.24, 2.45) is 0 Å². The molecule has 0 saturated carbocycles. The number of nitrogens with zero attached hydrogens (tertiary/aromatic N) is 1. The van der Waals surface area contributed by atoms with E-state index in [1.807, 2.05) is 42.6 Å². The molecule has 0 unspecified atom stereocenters. The highest BCUT2D eigenvalue weighted by atomic mass is 35.5. The summed E-state index contributed by atoms with van der Waals surface area (Å²) >= 11 is 0. The van der Waals surface area contributed by atoms with E-state index in [-0.39, 0.29) is 19.2 Å². The van der Waals surface area contributed by atoms with Gasteiger partial charge in [0.1, 0.15) is 5.76 Å². The third-order valence-corrected chi connectivity index (χ3v) is 5.17. The number of anilines is 1. The Morgan fingerprint density at radius 2 is 1.77 bits per heavy atom. The van der Waals surface area contributed by atoms with E-state index in [0.29, 0.717) is 0 Å². The van der Waals surface area contributed by atoms with E-state index in [1.54, 1.807) is 6.26 Å². The Morgan fingerprint density at radius 1 is 0.903 bits per heavy atom. The van der Waals surface area contributed by atoms with Crippen LogP contribution >= 0.6 is 12.4 Å². The van der Waals surface area contributed by atoms with E-state index < -0.39 is 0 Å². The van der Waals surface area contributed by atoms with Gasteiger partial charge in [0.2, 0.25) is 6.79 Å². The van der Waals surface area contributed by atoms with E-state index >= 15 is 0 Å². The lowest BCUT2D eigenvalue weighted by molar-refractivity contribution is 0.174. The zero-order valence-electron chi connectivity index (χ0n) is 17.0. The first-order chi connectivity index (χ1) is 14.9. The van der Waals surface area contributed by atoms with Crippen molar-refractivity contribution in [1.29, 1.82) is 0 Å². The van der Waals surface area contributed by atoms with E-state index in [1.165, 1.54) is 0 Å². The van der Waals surface area contributed by atoms with Crippen LogP contribution < -0.4 is 20.1 Å². The van der Waals surface area contributed by atoms with Crippen molar-refractivity contribution < 1.29 is 13.9 Å².